The summed E-state index contributed by atoms with van der Waals surface area (Å²) in [6, 6.07) is 9.59. The SMILES string of the molecule is O=C(CCc1nc2ccccc2s1)N1CCC[C@@H](c2cc(=O)[nH]cn2)C1. The van der Waals surface area contributed by atoms with E-state index in [1.165, 1.54) is 6.33 Å². The number of fused-ring (bicyclic) bond motifs is 1. The first kappa shape index (κ1) is 16.9. The Labute approximate surface area is 154 Å². The number of para-hydroxylation sites is 1. The van der Waals surface area contributed by atoms with Crippen LogP contribution in [0.4, 0.5) is 0 Å². The van der Waals surface area contributed by atoms with E-state index in [1.807, 2.05) is 23.1 Å². The molecule has 134 valence electrons. The van der Waals surface area contributed by atoms with Gasteiger partial charge in [0.1, 0.15) is 0 Å². The number of carbonyl (C=O) groups is 1. The predicted molar refractivity (Wildman–Crippen MR) is 101 cm³/mol. The Balaban J connectivity index is 1.38. The number of piperidine rings is 1. The van der Waals surface area contributed by atoms with Gasteiger partial charge in [-0.1, -0.05) is 12.1 Å². The van der Waals surface area contributed by atoms with Gasteiger partial charge >= 0.3 is 0 Å². The monoisotopic (exact) mass is 368 g/mol. The minimum absolute atomic E-state index is 0.137. The number of nitrogens with zero attached hydrogens (tertiary/aromatic N) is 3. The van der Waals surface area contributed by atoms with Gasteiger partial charge in [-0.3, -0.25) is 9.59 Å². The van der Waals surface area contributed by atoms with Crippen LogP contribution in [-0.4, -0.2) is 38.8 Å². The van der Waals surface area contributed by atoms with E-state index in [2.05, 4.69) is 21.0 Å². The van der Waals surface area contributed by atoms with Crippen molar-refractivity contribution in [2.45, 2.75) is 31.6 Å². The van der Waals surface area contributed by atoms with Crippen molar-refractivity contribution in [3.05, 3.63) is 57.7 Å². The zero-order valence-corrected chi connectivity index (χ0v) is 15.2. The number of hydrogen-bond donors (Lipinski definition) is 1. The van der Waals surface area contributed by atoms with E-state index in [-0.39, 0.29) is 17.4 Å². The molecule has 3 heterocycles. The second-order valence-electron chi connectivity index (χ2n) is 6.59. The number of amides is 1. The highest BCUT2D eigenvalue weighted by molar-refractivity contribution is 7.18. The van der Waals surface area contributed by atoms with E-state index >= 15 is 0 Å². The Kier molecular flexibility index (Phi) is 4.79. The third kappa shape index (κ3) is 3.67. The van der Waals surface area contributed by atoms with Crippen LogP contribution in [0.5, 0.6) is 0 Å². The standard InChI is InChI=1S/C19H20N4O2S/c24-17-10-15(20-12-21-17)13-4-3-9-23(11-13)19(25)8-7-18-22-14-5-1-2-6-16(14)26-18/h1-2,5-6,10,12-13H,3-4,7-9,11H2,(H,20,21,24)/t13-/m1/s1. The lowest BCUT2D eigenvalue weighted by Gasteiger charge is -2.32. The second-order valence-corrected chi connectivity index (χ2v) is 7.71. The lowest BCUT2D eigenvalue weighted by Crippen LogP contribution is -2.39. The Hall–Kier alpha value is -2.54. The highest BCUT2D eigenvalue weighted by atomic mass is 32.1. The molecular formula is C19H20N4O2S. The molecule has 1 fully saturated rings. The molecule has 2 aromatic heterocycles. The predicted octanol–water partition coefficient (Wildman–Crippen LogP) is 2.72. The zero-order valence-electron chi connectivity index (χ0n) is 14.4. The summed E-state index contributed by atoms with van der Waals surface area (Å²) in [7, 11) is 0. The molecule has 1 saturated heterocycles. The molecule has 1 atom stereocenters. The number of aryl methyl sites for hydroxylation is 1. The molecule has 1 aliphatic rings. The number of aromatic amines is 1. The maximum atomic E-state index is 12.6. The highest BCUT2D eigenvalue weighted by Crippen LogP contribution is 2.26. The maximum absolute atomic E-state index is 12.6. The van der Waals surface area contributed by atoms with Crippen molar-refractivity contribution in [3.8, 4) is 0 Å². The molecule has 0 unspecified atom stereocenters. The van der Waals surface area contributed by atoms with Gasteiger partial charge in [0.15, 0.2) is 0 Å². The number of rotatable bonds is 4. The molecule has 1 aromatic carbocycles. The second kappa shape index (κ2) is 7.37. The van der Waals surface area contributed by atoms with Crippen LogP contribution in [0.3, 0.4) is 0 Å². The summed E-state index contributed by atoms with van der Waals surface area (Å²) >= 11 is 1.65. The van der Waals surface area contributed by atoms with Gasteiger partial charge in [-0.15, -0.1) is 11.3 Å². The van der Waals surface area contributed by atoms with Crippen molar-refractivity contribution in [3.63, 3.8) is 0 Å². The highest BCUT2D eigenvalue weighted by Gasteiger charge is 2.25. The zero-order chi connectivity index (χ0) is 17.9. The number of H-pyrrole nitrogens is 1. The number of carbonyl (C=O) groups excluding carboxylic acids is 1. The molecule has 0 saturated carbocycles. The average Bonchev–Trinajstić information content (AvgIpc) is 3.09. The van der Waals surface area contributed by atoms with E-state index in [0.29, 0.717) is 19.4 Å². The Morgan fingerprint density at radius 1 is 1.35 bits per heavy atom. The molecule has 0 bridgehead atoms. The lowest BCUT2D eigenvalue weighted by atomic mass is 9.94. The Morgan fingerprint density at radius 2 is 2.23 bits per heavy atom. The summed E-state index contributed by atoms with van der Waals surface area (Å²) in [4.78, 5) is 37.5. The fourth-order valence-corrected chi connectivity index (χ4v) is 4.42. The average molecular weight is 368 g/mol. The van der Waals surface area contributed by atoms with Crippen LogP contribution in [0.15, 0.2) is 41.5 Å². The molecule has 1 aliphatic heterocycles. The summed E-state index contributed by atoms with van der Waals surface area (Å²) in [6.07, 6.45) is 4.47. The van der Waals surface area contributed by atoms with Gasteiger partial charge in [0.2, 0.25) is 5.91 Å². The van der Waals surface area contributed by atoms with Crippen molar-refractivity contribution < 1.29 is 4.79 Å². The minimum atomic E-state index is -0.144. The first-order valence-electron chi connectivity index (χ1n) is 8.86. The molecule has 6 nitrogen and oxygen atoms in total. The van der Waals surface area contributed by atoms with Gasteiger partial charge in [-0.25, -0.2) is 9.97 Å². The van der Waals surface area contributed by atoms with Gasteiger partial charge in [0, 0.05) is 37.9 Å². The van der Waals surface area contributed by atoms with Crippen molar-refractivity contribution >= 4 is 27.5 Å². The van der Waals surface area contributed by atoms with E-state index in [1.54, 1.807) is 17.4 Å². The summed E-state index contributed by atoms with van der Waals surface area (Å²) in [5, 5.41) is 1.00. The molecular weight excluding hydrogens is 348 g/mol. The van der Waals surface area contributed by atoms with Gasteiger partial charge < -0.3 is 9.88 Å². The minimum Gasteiger partial charge on any atom is -0.342 e. The number of nitrogens with one attached hydrogen (secondary N) is 1. The summed E-state index contributed by atoms with van der Waals surface area (Å²) in [5.74, 6) is 0.288. The fourth-order valence-electron chi connectivity index (χ4n) is 3.45. The summed E-state index contributed by atoms with van der Waals surface area (Å²) < 4.78 is 1.16. The van der Waals surface area contributed by atoms with E-state index in [9.17, 15) is 9.59 Å². The molecule has 7 heteroatoms. The van der Waals surface area contributed by atoms with E-state index in [4.69, 9.17) is 0 Å². The molecule has 1 N–H and O–H groups in total. The largest absolute Gasteiger partial charge is 0.342 e. The van der Waals surface area contributed by atoms with Crippen LogP contribution in [0.2, 0.25) is 0 Å². The van der Waals surface area contributed by atoms with Crippen LogP contribution >= 0.6 is 11.3 Å². The number of hydrogen-bond acceptors (Lipinski definition) is 5. The number of aromatic nitrogens is 3. The van der Waals surface area contributed by atoms with Crippen LogP contribution in [0.1, 0.15) is 35.9 Å². The topological polar surface area (TPSA) is 79.0 Å². The Morgan fingerprint density at radius 3 is 3.08 bits per heavy atom. The van der Waals surface area contributed by atoms with Crippen molar-refractivity contribution in [2.24, 2.45) is 0 Å². The Bertz CT molecular complexity index is 948. The number of benzene rings is 1. The van der Waals surface area contributed by atoms with E-state index in [0.717, 1.165) is 40.3 Å². The molecule has 4 rings (SSSR count). The fraction of sp³-hybridized carbons (Fsp3) is 0.368. The maximum Gasteiger partial charge on any atom is 0.250 e. The third-order valence-electron chi connectivity index (χ3n) is 4.78. The first-order chi connectivity index (χ1) is 12.7. The van der Waals surface area contributed by atoms with Gasteiger partial charge in [0.05, 0.1) is 27.2 Å². The van der Waals surface area contributed by atoms with Crippen molar-refractivity contribution in [1.82, 2.24) is 19.9 Å². The van der Waals surface area contributed by atoms with Gasteiger partial charge in [-0.2, -0.15) is 0 Å². The first-order valence-corrected chi connectivity index (χ1v) is 9.67. The van der Waals surface area contributed by atoms with Gasteiger partial charge in [0.25, 0.3) is 5.56 Å². The summed E-state index contributed by atoms with van der Waals surface area (Å²) in [6.45, 7) is 1.41. The van der Waals surface area contributed by atoms with Crippen LogP contribution in [0.25, 0.3) is 10.2 Å². The molecule has 1 amide bonds. The molecule has 26 heavy (non-hydrogen) atoms. The molecule has 0 aliphatic carbocycles. The van der Waals surface area contributed by atoms with Crippen LogP contribution in [-0.2, 0) is 11.2 Å². The van der Waals surface area contributed by atoms with Gasteiger partial charge in [-0.05, 0) is 25.0 Å². The molecule has 3 aromatic rings. The molecule has 0 radical (unpaired) electrons. The van der Waals surface area contributed by atoms with Crippen molar-refractivity contribution in [2.75, 3.05) is 13.1 Å². The molecule has 0 spiro atoms. The van der Waals surface area contributed by atoms with E-state index < -0.39 is 0 Å². The van der Waals surface area contributed by atoms with Crippen LogP contribution < -0.4 is 5.56 Å². The number of thiazole rings is 1. The number of likely N-dealkylation sites (tertiary alicyclic amines) is 1. The smallest absolute Gasteiger partial charge is 0.250 e. The van der Waals surface area contributed by atoms with Crippen LogP contribution in [0, 0.1) is 0 Å². The lowest BCUT2D eigenvalue weighted by molar-refractivity contribution is -0.132. The normalized spacial score (nSPS) is 17.5. The summed E-state index contributed by atoms with van der Waals surface area (Å²) in [5.41, 5.74) is 1.63. The third-order valence-corrected chi connectivity index (χ3v) is 5.88. The van der Waals surface area contributed by atoms with Crippen molar-refractivity contribution in [1.29, 1.82) is 0 Å². The quantitative estimate of drug-likeness (QED) is 0.768.